The lowest BCUT2D eigenvalue weighted by molar-refractivity contribution is 0.0747. The molecule has 0 spiro atoms. The van der Waals surface area contributed by atoms with Gasteiger partial charge in [0.1, 0.15) is 5.82 Å². The standard InChI is InChI=1S/C20H22N6O/c27-20(16-5-1-3-15-4-2-8-22-19(15)16)25-13-11-24(12-14-25)18-7-6-17-21-9-10-26(17)23-18/h1,3,5-7,9-10,22H,2,4,8,11-14H2. The van der Waals surface area contributed by atoms with Crippen molar-refractivity contribution in [1.29, 1.82) is 0 Å². The predicted octanol–water partition coefficient (Wildman–Crippen LogP) is 2.05. The minimum absolute atomic E-state index is 0.124. The molecule has 1 fully saturated rings. The molecule has 1 amide bonds. The number of fused-ring (bicyclic) bond motifs is 2. The van der Waals surface area contributed by atoms with Crippen molar-refractivity contribution >= 4 is 23.1 Å². The molecule has 0 aliphatic carbocycles. The average molecular weight is 362 g/mol. The molecule has 1 aromatic carbocycles. The molecule has 5 rings (SSSR count). The summed E-state index contributed by atoms with van der Waals surface area (Å²) in [5.41, 5.74) is 3.93. The van der Waals surface area contributed by atoms with Gasteiger partial charge in [0.05, 0.1) is 11.3 Å². The zero-order chi connectivity index (χ0) is 18.2. The van der Waals surface area contributed by atoms with Crippen LogP contribution in [0.2, 0.25) is 0 Å². The highest BCUT2D eigenvalue weighted by Gasteiger charge is 2.26. The number of imidazole rings is 1. The molecule has 1 N–H and O–H groups in total. The Morgan fingerprint density at radius 3 is 2.85 bits per heavy atom. The van der Waals surface area contributed by atoms with Gasteiger partial charge in [-0.05, 0) is 36.6 Å². The Morgan fingerprint density at radius 2 is 1.96 bits per heavy atom. The van der Waals surface area contributed by atoms with Gasteiger partial charge in [0.2, 0.25) is 0 Å². The van der Waals surface area contributed by atoms with E-state index in [9.17, 15) is 4.79 Å². The van der Waals surface area contributed by atoms with Crippen LogP contribution < -0.4 is 10.2 Å². The van der Waals surface area contributed by atoms with E-state index >= 15 is 0 Å². The average Bonchev–Trinajstić information content (AvgIpc) is 3.21. The predicted molar refractivity (Wildman–Crippen MR) is 104 cm³/mol. The van der Waals surface area contributed by atoms with Gasteiger partial charge in [-0.25, -0.2) is 9.50 Å². The zero-order valence-corrected chi connectivity index (χ0v) is 15.1. The largest absolute Gasteiger partial charge is 0.384 e. The van der Waals surface area contributed by atoms with Crippen molar-refractivity contribution in [2.75, 3.05) is 42.9 Å². The number of aromatic nitrogens is 3. The summed E-state index contributed by atoms with van der Waals surface area (Å²) in [5, 5.41) is 8.03. The van der Waals surface area contributed by atoms with Crippen LogP contribution in [-0.2, 0) is 6.42 Å². The lowest BCUT2D eigenvalue weighted by Crippen LogP contribution is -2.49. The maximum atomic E-state index is 13.1. The summed E-state index contributed by atoms with van der Waals surface area (Å²) in [7, 11) is 0. The molecule has 138 valence electrons. The van der Waals surface area contributed by atoms with Crippen LogP contribution in [0.1, 0.15) is 22.3 Å². The van der Waals surface area contributed by atoms with Gasteiger partial charge in [0, 0.05) is 45.1 Å². The summed E-state index contributed by atoms with van der Waals surface area (Å²) >= 11 is 0. The van der Waals surface area contributed by atoms with E-state index in [2.05, 4.69) is 26.4 Å². The Balaban J connectivity index is 1.31. The topological polar surface area (TPSA) is 65.8 Å². The molecule has 1 saturated heterocycles. The molecule has 0 bridgehead atoms. The molecule has 2 aliphatic heterocycles. The first kappa shape index (κ1) is 16.1. The highest BCUT2D eigenvalue weighted by molar-refractivity contribution is 6.00. The third-order valence-corrected chi connectivity index (χ3v) is 5.44. The normalized spacial score (nSPS) is 16.9. The molecule has 27 heavy (non-hydrogen) atoms. The summed E-state index contributed by atoms with van der Waals surface area (Å²) in [6.07, 6.45) is 5.76. The van der Waals surface area contributed by atoms with E-state index in [1.54, 1.807) is 10.7 Å². The number of carbonyl (C=O) groups excluding carboxylic acids is 1. The van der Waals surface area contributed by atoms with Crippen LogP contribution in [0.4, 0.5) is 11.5 Å². The minimum Gasteiger partial charge on any atom is -0.384 e. The van der Waals surface area contributed by atoms with Gasteiger partial charge in [-0.1, -0.05) is 12.1 Å². The number of nitrogens with zero attached hydrogens (tertiary/aromatic N) is 5. The number of benzene rings is 1. The first-order valence-electron chi connectivity index (χ1n) is 9.50. The molecule has 3 aromatic rings. The molecule has 0 atom stereocenters. The quantitative estimate of drug-likeness (QED) is 0.756. The van der Waals surface area contributed by atoms with Crippen LogP contribution in [0.15, 0.2) is 42.7 Å². The number of hydrogen-bond acceptors (Lipinski definition) is 5. The van der Waals surface area contributed by atoms with E-state index in [4.69, 9.17) is 0 Å². The summed E-state index contributed by atoms with van der Waals surface area (Å²) < 4.78 is 1.79. The number of hydrogen-bond donors (Lipinski definition) is 1. The number of carbonyl (C=O) groups is 1. The van der Waals surface area contributed by atoms with Crippen molar-refractivity contribution in [1.82, 2.24) is 19.5 Å². The molecule has 4 heterocycles. The molecule has 2 aromatic heterocycles. The smallest absolute Gasteiger partial charge is 0.256 e. The van der Waals surface area contributed by atoms with Gasteiger partial charge in [-0.2, -0.15) is 0 Å². The monoisotopic (exact) mass is 362 g/mol. The molecular weight excluding hydrogens is 340 g/mol. The minimum atomic E-state index is 0.124. The third-order valence-electron chi connectivity index (χ3n) is 5.44. The second-order valence-corrected chi connectivity index (χ2v) is 7.07. The van der Waals surface area contributed by atoms with Gasteiger partial charge < -0.3 is 15.1 Å². The van der Waals surface area contributed by atoms with Crippen molar-refractivity contribution < 1.29 is 4.79 Å². The van der Waals surface area contributed by atoms with Crippen LogP contribution in [0.25, 0.3) is 5.65 Å². The Labute approximate surface area is 157 Å². The number of aryl methyl sites for hydroxylation is 1. The molecular formula is C20H22N6O. The van der Waals surface area contributed by atoms with E-state index in [0.717, 1.165) is 55.2 Å². The Bertz CT molecular complexity index is 989. The fourth-order valence-corrected chi connectivity index (χ4v) is 3.97. The lowest BCUT2D eigenvalue weighted by Gasteiger charge is -2.36. The lowest BCUT2D eigenvalue weighted by atomic mass is 9.98. The first-order valence-corrected chi connectivity index (χ1v) is 9.50. The Morgan fingerprint density at radius 1 is 1.07 bits per heavy atom. The van der Waals surface area contributed by atoms with Crippen LogP contribution in [-0.4, -0.2) is 58.1 Å². The maximum Gasteiger partial charge on any atom is 0.256 e. The van der Waals surface area contributed by atoms with Gasteiger partial charge in [0.25, 0.3) is 5.91 Å². The Hall–Kier alpha value is -3.09. The third kappa shape index (κ3) is 2.89. The number of piperazine rings is 1. The number of para-hydroxylation sites is 1. The molecule has 0 saturated carbocycles. The van der Waals surface area contributed by atoms with E-state index in [1.807, 2.05) is 35.4 Å². The van der Waals surface area contributed by atoms with Crippen LogP contribution in [0.5, 0.6) is 0 Å². The zero-order valence-electron chi connectivity index (χ0n) is 15.1. The van der Waals surface area contributed by atoms with Crippen molar-refractivity contribution in [3.8, 4) is 0 Å². The van der Waals surface area contributed by atoms with Gasteiger partial charge >= 0.3 is 0 Å². The molecule has 0 radical (unpaired) electrons. The van der Waals surface area contributed by atoms with Crippen LogP contribution in [0, 0.1) is 0 Å². The fourth-order valence-electron chi connectivity index (χ4n) is 3.97. The number of amides is 1. The highest BCUT2D eigenvalue weighted by Crippen LogP contribution is 2.27. The summed E-state index contributed by atoms with van der Waals surface area (Å²) in [6, 6.07) is 10.0. The van der Waals surface area contributed by atoms with Crippen molar-refractivity contribution in [2.24, 2.45) is 0 Å². The number of rotatable bonds is 2. The van der Waals surface area contributed by atoms with Crippen molar-refractivity contribution in [2.45, 2.75) is 12.8 Å². The van der Waals surface area contributed by atoms with Gasteiger partial charge in [-0.15, -0.1) is 5.10 Å². The SMILES string of the molecule is O=C(c1cccc2c1NCCC2)N1CCN(c2ccc3nccn3n2)CC1. The molecule has 2 aliphatic rings. The summed E-state index contributed by atoms with van der Waals surface area (Å²) in [4.78, 5) is 21.5. The second kappa shape index (κ2) is 6.57. The maximum absolute atomic E-state index is 13.1. The van der Waals surface area contributed by atoms with Crippen LogP contribution in [0.3, 0.4) is 0 Å². The van der Waals surface area contributed by atoms with Crippen molar-refractivity contribution in [3.63, 3.8) is 0 Å². The highest BCUT2D eigenvalue weighted by atomic mass is 16.2. The molecule has 7 nitrogen and oxygen atoms in total. The van der Waals surface area contributed by atoms with E-state index in [1.165, 1.54) is 5.56 Å². The number of nitrogens with one attached hydrogen (secondary N) is 1. The van der Waals surface area contributed by atoms with Gasteiger partial charge in [0.15, 0.2) is 5.65 Å². The summed E-state index contributed by atoms with van der Waals surface area (Å²) in [5.74, 6) is 1.05. The Kier molecular flexibility index (Phi) is 3.92. The van der Waals surface area contributed by atoms with E-state index in [0.29, 0.717) is 13.1 Å². The fraction of sp³-hybridized carbons (Fsp3) is 0.350. The molecule has 7 heteroatoms. The first-order chi connectivity index (χ1) is 13.3. The van der Waals surface area contributed by atoms with Gasteiger partial charge in [-0.3, -0.25) is 4.79 Å². The van der Waals surface area contributed by atoms with E-state index < -0.39 is 0 Å². The number of anilines is 2. The van der Waals surface area contributed by atoms with Crippen molar-refractivity contribution in [3.05, 3.63) is 53.9 Å². The van der Waals surface area contributed by atoms with E-state index in [-0.39, 0.29) is 5.91 Å². The second-order valence-electron chi connectivity index (χ2n) is 7.07. The van der Waals surface area contributed by atoms with Crippen LogP contribution >= 0.6 is 0 Å². The summed E-state index contributed by atoms with van der Waals surface area (Å²) in [6.45, 7) is 3.90. The molecule has 0 unspecified atom stereocenters.